The fourth-order valence-corrected chi connectivity index (χ4v) is 1.74. The molecule has 4 heteroatoms. The van der Waals surface area contributed by atoms with Gasteiger partial charge in [0.25, 0.3) is 5.91 Å². The SMILES string of the molecule is COc1ccc2nc(C(=O)NCC(C)C)ccc2c1. The van der Waals surface area contributed by atoms with Gasteiger partial charge in [0.05, 0.1) is 12.6 Å². The Morgan fingerprint density at radius 2 is 2.11 bits per heavy atom. The molecule has 0 fully saturated rings. The fourth-order valence-electron chi connectivity index (χ4n) is 1.74. The van der Waals surface area contributed by atoms with Gasteiger partial charge in [-0.25, -0.2) is 4.98 Å². The summed E-state index contributed by atoms with van der Waals surface area (Å²) in [7, 11) is 1.63. The van der Waals surface area contributed by atoms with Crippen LogP contribution in [0.1, 0.15) is 24.3 Å². The lowest BCUT2D eigenvalue weighted by molar-refractivity contribution is 0.0944. The molecule has 1 N–H and O–H groups in total. The number of benzene rings is 1. The molecule has 1 aromatic heterocycles. The largest absolute Gasteiger partial charge is 0.497 e. The van der Waals surface area contributed by atoms with Gasteiger partial charge in [0.2, 0.25) is 0 Å². The Hall–Kier alpha value is -2.10. The smallest absolute Gasteiger partial charge is 0.269 e. The standard InChI is InChI=1S/C15H18N2O2/c1-10(2)9-16-15(18)14-6-4-11-8-12(19-3)5-7-13(11)17-14/h4-8,10H,9H2,1-3H3,(H,16,18). The van der Waals surface area contributed by atoms with Gasteiger partial charge in [-0.2, -0.15) is 0 Å². The first-order valence-corrected chi connectivity index (χ1v) is 6.33. The van der Waals surface area contributed by atoms with Crippen molar-refractivity contribution in [2.75, 3.05) is 13.7 Å². The van der Waals surface area contributed by atoms with Crippen molar-refractivity contribution in [3.8, 4) is 5.75 Å². The molecule has 0 radical (unpaired) electrons. The number of rotatable bonds is 4. The summed E-state index contributed by atoms with van der Waals surface area (Å²) in [6, 6.07) is 9.21. The summed E-state index contributed by atoms with van der Waals surface area (Å²) in [6.07, 6.45) is 0. The number of carbonyl (C=O) groups excluding carboxylic acids is 1. The monoisotopic (exact) mass is 258 g/mol. The van der Waals surface area contributed by atoms with Crippen LogP contribution >= 0.6 is 0 Å². The van der Waals surface area contributed by atoms with Crippen molar-refractivity contribution in [3.63, 3.8) is 0 Å². The molecule has 2 aromatic rings. The first-order valence-electron chi connectivity index (χ1n) is 6.33. The number of hydrogen-bond acceptors (Lipinski definition) is 3. The molecule has 0 bridgehead atoms. The Morgan fingerprint density at radius 1 is 1.32 bits per heavy atom. The number of hydrogen-bond donors (Lipinski definition) is 1. The van der Waals surface area contributed by atoms with Crippen LogP contribution in [0.3, 0.4) is 0 Å². The van der Waals surface area contributed by atoms with Gasteiger partial charge in [-0.15, -0.1) is 0 Å². The molecular formula is C15H18N2O2. The van der Waals surface area contributed by atoms with Crippen molar-refractivity contribution in [1.29, 1.82) is 0 Å². The second kappa shape index (κ2) is 5.69. The van der Waals surface area contributed by atoms with Crippen molar-refractivity contribution in [2.45, 2.75) is 13.8 Å². The van der Waals surface area contributed by atoms with Gasteiger partial charge < -0.3 is 10.1 Å². The second-order valence-corrected chi connectivity index (χ2v) is 4.86. The van der Waals surface area contributed by atoms with Gasteiger partial charge in [-0.05, 0) is 30.2 Å². The van der Waals surface area contributed by atoms with E-state index in [9.17, 15) is 4.79 Å². The maximum atomic E-state index is 11.9. The van der Waals surface area contributed by atoms with Crippen molar-refractivity contribution in [2.24, 2.45) is 5.92 Å². The summed E-state index contributed by atoms with van der Waals surface area (Å²) < 4.78 is 5.16. The normalized spacial score (nSPS) is 10.7. The van der Waals surface area contributed by atoms with Crippen LogP contribution in [0.15, 0.2) is 30.3 Å². The van der Waals surface area contributed by atoms with Crippen LogP contribution in [-0.4, -0.2) is 24.5 Å². The van der Waals surface area contributed by atoms with E-state index >= 15 is 0 Å². The highest BCUT2D eigenvalue weighted by Gasteiger charge is 2.08. The van der Waals surface area contributed by atoms with Crippen LogP contribution in [0.2, 0.25) is 0 Å². The van der Waals surface area contributed by atoms with Crippen LogP contribution in [0.25, 0.3) is 10.9 Å². The van der Waals surface area contributed by atoms with E-state index in [1.165, 1.54) is 0 Å². The highest BCUT2D eigenvalue weighted by molar-refractivity contribution is 5.95. The zero-order valence-corrected chi connectivity index (χ0v) is 11.4. The zero-order chi connectivity index (χ0) is 13.8. The van der Waals surface area contributed by atoms with E-state index in [1.54, 1.807) is 13.2 Å². The van der Waals surface area contributed by atoms with E-state index in [0.29, 0.717) is 18.2 Å². The summed E-state index contributed by atoms with van der Waals surface area (Å²) in [5.74, 6) is 1.08. The first-order chi connectivity index (χ1) is 9.10. The van der Waals surface area contributed by atoms with E-state index in [4.69, 9.17) is 4.74 Å². The molecule has 0 aliphatic heterocycles. The Balaban J connectivity index is 2.24. The van der Waals surface area contributed by atoms with Crippen molar-refractivity contribution >= 4 is 16.8 Å². The third kappa shape index (κ3) is 3.22. The van der Waals surface area contributed by atoms with Crippen LogP contribution in [0.4, 0.5) is 0 Å². The predicted molar refractivity (Wildman–Crippen MR) is 75.5 cm³/mol. The quantitative estimate of drug-likeness (QED) is 0.917. The molecule has 2 rings (SSSR count). The molecule has 0 spiro atoms. The topological polar surface area (TPSA) is 51.2 Å². The lowest BCUT2D eigenvalue weighted by atomic mass is 10.2. The van der Waals surface area contributed by atoms with E-state index in [2.05, 4.69) is 24.1 Å². The van der Waals surface area contributed by atoms with Crippen LogP contribution < -0.4 is 10.1 Å². The summed E-state index contributed by atoms with van der Waals surface area (Å²) in [5, 5.41) is 3.82. The zero-order valence-electron chi connectivity index (χ0n) is 11.4. The number of pyridine rings is 1. The molecular weight excluding hydrogens is 240 g/mol. The minimum atomic E-state index is -0.133. The van der Waals surface area contributed by atoms with Gasteiger partial charge in [-0.3, -0.25) is 4.79 Å². The van der Waals surface area contributed by atoms with E-state index in [-0.39, 0.29) is 5.91 Å². The molecule has 0 saturated heterocycles. The molecule has 0 aliphatic carbocycles. The summed E-state index contributed by atoms with van der Waals surface area (Å²) >= 11 is 0. The minimum absolute atomic E-state index is 0.133. The van der Waals surface area contributed by atoms with Crippen LogP contribution in [-0.2, 0) is 0 Å². The first kappa shape index (κ1) is 13.3. The highest BCUT2D eigenvalue weighted by Crippen LogP contribution is 2.19. The van der Waals surface area contributed by atoms with Gasteiger partial charge in [0, 0.05) is 11.9 Å². The maximum Gasteiger partial charge on any atom is 0.269 e. The number of carbonyl (C=O) groups is 1. The summed E-state index contributed by atoms with van der Waals surface area (Å²) in [4.78, 5) is 16.3. The average Bonchev–Trinajstić information content (AvgIpc) is 2.43. The lowest BCUT2D eigenvalue weighted by Crippen LogP contribution is -2.27. The second-order valence-electron chi connectivity index (χ2n) is 4.86. The number of methoxy groups -OCH3 is 1. The molecule has 1 amide bonds. The Bertz CT molecular complexity index is 594. The molecule has 0 aliphatic rings. The molecule has 19 heavy (non-hydrogen) atoms. The number of amides is 1. The van der Waals surface area contributed by atoms with Crippen LogP contribution in [0.5, 0.6) is 5.75 Å². The van der Waals surface area contributed by atoms with Gasteiger partial charge in [-0.1, -0.05) is 19.9 Å². The van der Waals surface area contributed by atoms with Gasteiger partial charge in [0.15, 0.2) is 0 Å². The Kier molecular flexibility index (Phi) is 4.00. The molecule has 100 valence electrons. The molecule has 4 nitrogen and oxygen atoms in total. The third-order valence-electron chi connectivity index (χ3n) is 2.80. The third-order valence-corrected chi connectivity index (χ3v) is 2.80. The number of nitrogens with one attached hydrogen (secondary N) is 1. The number of fused-ring (bicyclic) bond motifs is 1. The summed E-state index contributed by atoms with van der Waals surface area (Å²) in [6.45, 7) is 4.77. The van der Waals surface area contributed by atoms with Crippen molar-refractivity contribution < 1.29 is 9.53 Å². The van der Waals surface area contributed by atoms with Crippen molar-refractivity contribution in [1.82, 2.24) is 10.3 Å². The van der Waals surface area contributed by atoms with Gasteiger partial charge >= 0.3 is 0 Å². The number of ether oxygens (including phenoxy) is 1. The van der Waals surface area contributed by atoms with E-state index in [0.717, 1.165) is 16.7 Å². The summed E-state index contributed by atoms with van der Waals surface area (Å²) in [5.41, 5.74) is 1.23. The molecule has 0 saturated carbocycles. The highest BCUT2D eigenvalue weighted by atomic mass is 16.5. The molecule has 1 aromatic carbocycles. The fraction of sp³-hybridized carbons (Fsp3) is 0.333. The molecule has 1 heterocycles. The van der Waals surface area contributed by atoms with Gasteiger partial charge in [0.1, 0.15) is 11.4 Å². The van der Waals surface area contributed by atoms with E-state index in [1.807, 2.05) is 24.3 Å². The van der Waals surface area contributed by atoms with Crippen molar-refractivity contribution in [3.05, 3.63) is 36.0 Å². The molecule has 0 unspecified atom stereocenters. The number of aromatic nitrogens is 1. The number of nitrogens with zero attached hydrogens (tertiary/aromatic N) is 1. The van der Waals surface area contributed by atoms with Crippen LogP contribution in [0, 0.1) is 5.92 Å². The average molecular weight is 258 g/mol. The Labute approximate surface area is 112 Å². The Morgan fingerprint density at radius 3 is 2.79 bits per heavy atom. The minimum Gasteiger partial charge on any atom is -0.497 e. The van der Waals surface area contributed by atoms with E-state index < -0.39 is 0 Å². The molecule has 0 atom stereocenters. The predicted octanol–water partition coefficient (Wildman–Crippen LogP) is 2.63. The lowest BCUT2D eigenvalue weighted by Gasteiger charge is -2.08. The maximum absolute atomic E-state index is 11.9.